The Hall–Kier alpha value is -6.04. The number of nitrogens with zero attached hydrogens (tertiary/aromatic N) is 2. The van der Waals surface area contributed by atoms with Crippen LogP contribution >= 0.6 is 0 Å². The summed E-state index contributed by atoms with van der Waals surface area (Å²) in [6.07, 6.45) is 3.32. The first kappa shape index (κ1) is 33.3. The molecule has 0 unspecified atom stereocenters. The summed E-state index contributed by atoms with van der Waals surface area (Å²) in [5.41, 5.74) is 2.05. The fourth-order valence-corrected chi connectivity index (χ4v) is 5.21. The Morgan fingerprint density at radius 2 is 0.854 bits per heavy atom. The average Bonchev–Trinajstić information content (AvgIpc) is 3.81. The molecule has 0 radical (unpaired) electrons. The Morgan fingerprint density at radius 3 is 1.15 bits per heavy atom. The van der Waals surface area contributed by atoms with Crippen LogP contribution in [0.5, 0.6) is 0 Å². The number of ether oxygens (including phenoxy) is 4. The molecule has 0 fully saturated rings. The van der Waals surface area contributed by atoms with Gasteiger partial charge in [0.05, 0.1) is 48.8 Å². The van der Waals surface area contributed by atoms with Gasteiger partial charge in [-0.3, -0.25) is 0 Å². The van der Waals surface area contributed by atoms with Crippen molar-refractivity contribution in [1.29, 1.82) is 0 Å². The van der Waals surface area contributed by atoms with Crippen molar-refractivity contribution in [3.63, 3.8) is 0 Å². The van der Waals surface area contributed by atoms with E-state index in [9.17, 15) is 19.2 Å². The molecule has 0 aliphatic carbocycles. The molecule has 5 rings (SSSR count). The third kappa shape index (κ3) is 6.73. The standard InChI is InChI=1S/C36H34N4O8/c1-5-45-33(41)29(34(42)46-6-2)27(23-11-9-19-37-23)25-17-15-21-13-14-22-16-18-26(40-32(22)31(21)39-25)28(24-12-10-20-38-24)30(35(43)47-7-3)36(44)48-8-4/h9-20,37-38H,5-8H2,1-4H3. The highest BCUT2D eigenvalue weighted by Crippen LogP contribution is 2.33. The number of fused-ring (bicyclic) bond motifs is 3. The van der Waals surface area contributed by atoms with E-state index in [2.05, 4.69) is 9.97 Å². The van der Waals surface area contributed by atoms with Crippen LogP contribution in [0, 0.1) is 0 Å². The lowest BCUT2D eigenvalue weighted by Gasteiger charge is -2.15. The first-order chi connectivity index (χ1) is 23.3. The Bertz CT molecular complexity index is 1860. The maximum Gasteiger partial charge on any atom is 0.346 e. The van der Waals surface area contributed by atoms with Gasteiger partial charge in [0.25, 0.3) is 0 Å². The number of hydrogen-bond acceptors (Lipinski definition) is 10. The van der Waals surface area contributed by atoms with E-state index >= 15 is 0 Å². The predicted molar refractivity (Wildman–Crippen MR) is 177 cm³/mol. The molecular formula is C36H34N4O8. The number of carbonyl (C=O) groups is 4. The summed E-state index contributed by atoms with van der Waals surface area (Å²) in [7, 11) is 0. The summed E-state index contributed by atoms with van der Waals surface area (Å²) in [6.45, 7) is 6.73. The van der Waals surface area contributed by atoms with Gasteiger partial charge in [0, 0.05) is 45.7 Å². The van der Waals surface area contributed by atoms with E-state index in [1.165, 1.54) is 0 Å². The summed E-state index contributed by atoms with van der Waals surface area (Å²) < 4.78 is 21.1. The first-order valence-electron chi connectivity index (χ1n) is 15.5. The van der Waals surface area contributed by atoms with Crippen LogP contribution in [0.3, 0.4) is 0 Å². The van der Waals surface area contributed by atoms with Gasteiger partial charge in [-0.2, -0.15) is 0 Å². The lowest BCUT2D eigenvalue weighted by molar-refractivity contribution is -0.148. The largest absolute Gasteiger partial charge is 0.462 e. The molecule has 0 aliphatic heterocycles. The highest BCUT2D eigenvalue weighted by atomic mass is 16.6. The van der Waals surface area contributed by atoms with Crippen molar-refractivity contribution in [1.82, 2.24) is 19.9 Å². The van der Waals surface area contributed by atoms with Crippen LogP contribution in [0.25, 0.3) is 33.0 Å². The van der Waals surface area contributed by atoms with Crippen molar-refractivity contribution in [3.8, 4) is 0 Å². The van der Waals surface area contributed by atoms with E-state index < -0.39 is 23.9 Å². The molecule has 246 valence electrons. The maximum absolute atomic E-state index is 13.2. The molecule has 2 N–H and O–H groups in total. The minimum absolute atomic E-state index is 0.0402. The highest BCUT2D eigenvalue weighted by Gasteiger charge is 2.31. The van der Waals surface area contributed by atoms with E-state index in [1.807, 2.05) is 12.1 Å². The summed E-state index contributed by atoms with van der Waals surface area (Å²) in [5.74, 6) is -3.42. The number of H-pyrrole nitrogens is 2. The van der Waals surface area contributed by atoms with Crippen LogP contribution in [-0.2, 0) is 38.1 Å². The Labute approximate surface area is 275 Å². The normalized spacial score (nSPS) is 10.8. The SMILES string of the molecule is CCOC(=O)C(C(=O)OCC)=C(c1ccc2ccc3ccc(C(=C(C(=O)OCC)C(=O)OCC)c4ccc[nH]4)nc3c2n1)c1ccc[nH]1. The second-order valence-electron chi connectivity index (χ2n) is 10.2. The molecule has 0 bridgehead atoms. The molecule has 0 saturated carbocycles. The molecule has 0 aliphatic rings. The van der Waals surface area contributed by atoms with Crippen LogP contribution in [0.15, 0.2) is 84.2 Å². The lowest BCUT2D eigenvalue weighted by Crippen LogP contribution is -2.21. The third-order valence-electron chi connectivity index (χ3n) is 7.18. The Balaban J connectivity index is 1.82. The summed E-state index contributed by atoms with van der Waals surface area (Å²) >= 11 is 0. The van der Waals surface area contributed by atoms with E-state index in [4.69, 9.17) is 28.9 Å². The summed E-state index contributed by atoms with van der Waals surface area (Å²) in [5, 5.41) is 1.41. The van der Waals surface area contributed by atoms with Crippen molar-refractivity contribution in [2.45, 2.75) is 27.7 Å². The highest BCUT2D eigenvalue weighted by molar-refractivity contribution is 6.22. The Kier molecular flexibility index (Phi) is 10.4. The minimum atomic E-state index is -0.855. The topological polar surface area (TPSA) is 163 Å². The number of aromatic nitrogens is 4. The number of nitrogens with one attached hydrogen (secondary N) is 2. The van der Waals surface area contributed by atoms with Crippen LogP contribution in [0.2, 0.25) is 0 Å². The van der Waals surface area contributed by atoms with Crippen molar-refractivity contribution in [3.05, 3.63) is 107 Å². The first-order valence-corrected chi connectivity index (χ1v) is 15.5. The van der Waals surface area contributed by atoms with Crippen LogP contribution in [0.1, 0.15) is 50.5 Å². The van der Waals surface area contributed by atoms with Crippen molar-refractivity contribution in [2.75, 3.05) is 26.4 Å². The molecular weight excluding hydrogens is 616 g/mol. The van der Waals surface area contributed by atoms with Crippen LogP contribution < -0.4 is 0 Å². The molecule has 1 aromatic carbocycles. The molecule has 4 aromatic heterocycles. The zero-order chi connectivity index (χ0) is 34.2. The second-order valence-corrected chi connectivity index (χ2v) is 10.2. The average molecular weight is 651 g/mol. The monoisotopic (exact) mass is 650 g/mol. The molecule has 0 amide bonds. The van der Waals surface area contributed by atoms with Crippen LogP contribution in [-0.4, -0.2) is 70.2 Å². The maximum atomic E-state index is 13.2. The zero-order valence-electron chi connectivity index (χ0n) is 26.9. The van der Waals surface area contributed by atoms with Gasteiger partial charge in [-0.15, -0.1) is 0 Å². The van der Waals surface area contributed by atoms with Gasteiger partial charge in [-0.1, -0.05) is 24.3 Å². The number of aromatic amines is 2. The van der Waals surface area contributed by atoms with Crippen molar-refractivity contribution in [2.24, 2.45) is 0 Å². The smallest absolute Gasteiger partial charge is 0.346 e. The molecule has 5 aromatic rings. The summed E-state index contributed by atoms with van der Waals surface area (Å²) in [4.78, 5) is 68.9. The molecule has 48 heavy (non-hydrogen) atoms. The molecule has 12 nitrogen and oxygen atoms in total. The number of pyridine rings is 2. The van der Waals surface area contributed by atoms with E-state index in [0.29, 0.717) is 33.2 Å². The molecule has 12 heteroatoms. The fourth-order valence-electron chi connectivity index (χ4n) is 5.21. The summed E-state index contributed by atoms with van der Waals surface area (Å²) in [6, 6.07) is 17.6. The van der Waals surface area contributed by atoms with Crippen molar-refractivity contribution >= 4 is 56.8 Å². The third-order valence-corrected chi connectivity index (χ3v) is 7.18. The van der Waals surface area contributed by atoms with Crippen molar-refractivity contribution < 1.29 is 38.1 Å². The minimum Gasteiger partial charge on any atom is -0.462 e. The second kappa shape index (κ2) is 15.0. The van der Waals surface area contributed by atoms with Crippen LogP contribution in [0.4, 0.5) is 0 Å². The molecule has 0 spiro atoms. The number of carbonyl (C=O) groups excluding carboxylic acids is 4. The molecule has 0 saturated heterocycles. The van der Waals surface area contributed by atoms with Gasteiger partial charge in [-0.05, 0) is 64.1 Å². The van der Waals surface area contributed by atoms with Gasteiger partial charge in [0.2, 0.25) is 0 Å². The quantitative estimate of drug-likeness (QED) is 0.0453. The number of esters is 4. The predicted octanol–water partition coefficient (Wildman–Crippen LogP) is 5.30. The van der Waals surface area contributed by atoms with Gasteiger partial charge >= 0.3 is 23.9 Å². The zero-order valence-corrected chi connectivity index (χ0v) is 26.9. The van der Waals surface area contributed by atoms with Gasteiger partial charge in [-0.25, -0.2) is 29.1 Å². The van der Waals surface area contributed by atoms with Gasteiger partial charge < -0.3 is 28.9 Å². The molecule has 4 heterocycles. The number of rotatable bonds is 12. The Morgan fingerprint density at radius 1 is 0.521 bits per heavy atom. The fraction of sp³-hybridized carbons (Fsp3) is 0.222. The lowest BCUT2D eigenvalue weighted by atomic mass is 9.98. The molecule has 0 atom stereocenters. The number of benzene rings is 1. The number of hydrogen-bond donors (Lipinski definition) is 2. The van der Waals surface area contributed by atoms with Gasteiger partial charge in [0.15, 0.2) is 11.1 Å². The van der Waals surface area contributed by atoms with E-state index in [0.717, 1.165) is 0 Å². The van der Waals surface area contributed by atoms with E-state index in [1.54, 1.807) is 88.6 Å². The van der Waals surface area contributed by atoms with Gasteiger partial charge in [0.1, 0.15) is 0 Å². The van der Waals surface area contributed by atoms with E-state index in [-0.39, 0.29) is 60.1 Å².